The molecule has 0 radical (unpaired) electrons. The highest BCUT2D eigenvalue weighted by Crippen LogP contribution is 2.22. The lowest BCUT2D eigenvalue weighted by Crippen LogP contribution is -2.42. The number of nitrogens with one attached hydrogen (secondary N) is 1. The van der Waals surface area contributed by atoms with Crippen molar-refractivity contribution < 1.29 is 0 Å². The molecule has 2 heterocycles. The number of nitrogens with zero attached hydrogens (tertiary/aromatic N) is 1. The Kier molecular flexibility index (Phi) is 3.47. The van der Waals surface area contributed by atoms with Gasteiger partial charge in [0.1, 0.15) is 0 Å². The summed E-state index contributed by atoms with van der Waals surface area (Å²) >= 11 is 6.02. The molecule has 0 aliphatic carbocycles. The third-order valence-electron chi connectivity index (χ3n) is 3.24. The summed E-state index contributed by atoms with van der Waals surface area (Å²) in [6.07, 6.45) is 6.09. The summed E-state index contributed by atoms with van der Waals surface area (Å²) in [4.78, 5) is 0. The molecule has 3 heteroatoms. The third-order valence-corrected chi connectivity index (χ3v) is 3.53. The van der Waals surface area contributed by atoms with Gasteiger partial charge in [0.05, 0.1) is 0 Å². The molecule has 0 unspecified atom stereocenters. The highest BCUT2D eigenvalue weighted by atomic mass is 35.5. The van der Waals surface area contributed by atoms with Crippen molar-refractivity contribution in [3.05, 3.63) is 11.6 Å². The largest absolute Gasteiger partial charge is 0.310 e. The van der Waals surface area contributed by atoms with Gasteiger partial charge in [-0.25, -0.2) is 4.42 Å². The molecule has 2 atom stereocenters. The van der Waals surface area contributed by atoms with Crippen LogP contribution in [0.3, 0.4) is 0 Å². The summed E-state index contributed by atoms with van der Waals surface area (Å²) in [5, 5.41) is 3.61. The summed E-state index contributed by atoms with van der Waals surface area (Å²) in [7, 11) is 0. The predicted octanol–water partition coefficient (Wildman–Crippen LogP) is 2.16. The van der Waals surface area contributed by atoms with Crippen molar-refractivity contribution in [2.75, 3.05) is 19.6 Å². The molecule has 1 saturated heterocycles. The Morgan fingerprint density at radius 1 is 1.50 bits per heavy atom. The Morgan fingerprint density at radius 3 is 3.00 bits per heavy atom. The zero-order valence-electron chi connectivity index (χ0n) is 8.80. The van der Waals surface area contributed by atoms with Gasteiger partial charge in [-0.3, -0.25) is 0 Å². The van der Waals surface area contributed by atoms with Crippen LogP contribution >= 0.6 is 11.8 Å². The maximum atomic E-state index is 6.02. The van der Waals surface area contributed by atoms with Crippen LogP contribution in [-0.4, -0.2) is 30.1 Å². The van der Waals surface area contributed by atoms with Crippen LogP contribution < -0.4 is 5.32 Å². The van der Waals surface area contributed by atoms with E-state index in [1.54, 1.807) is 0 Å². The molecule has 0 spiro atoms. The van der Waals surface area contributed by atoms with Gasteiger partial charge in [0, 0.05) is 19.1 Å². The van der Waals surface area contributed by atoms with Crippen LogP contribution in [0, 0.1) is 5.92 Å². The number of hydrogen-bond acceptors (Lipinski definition) is 2. The van der Waals surface area contributed by atoms with Crippen molar-refractivity contribution in [1.82, 2.24) is 9.74 Å². The van der Waals surface area contributed by atoms with Gasteiger partial charge in [-0.05, 0) is 49.1 Å². The van der Waals surface area contributed by atoms with Crippen molar-refractivity contribution in [3.8, 4) is 0 Å². The van der Waals surface area contributed by atoms with E-state index in [4.69, 9.17) is 11.8 Å². The monoisotopic (exact) mass is 214 g/mol. The van der Waals surface area contributed by atoms with Gasteiger partial charge in [-0.2, -0.15) is 0 Å². The summed E-state index contributed by atoms with van der Waals surface area (Å²) in [6, 6.07) is 0.591. The summed E-state index contributed by atoms with van der Waals surface area (Å²) in [6.45, 7) is 5.40. The van der Waals surface area contributed by atoms with Crippen LogP contribution in [0.15, 0.2) is 11.6 Å². The maximum Gasteiger partial charge on any atom is 0.0364 e. The Labute approximate surface area is 91.4 Å². The van der Waals surface area contributed by atoms with E-state index < -0.39 is 0 Å². The van der Waals surface area contributed by atoms with E-state index in [1.807, 2.05) is 4.42 Å². The fraction of sp³-hybridized carbons (Fsp3) is 0.818. The van der Waals surface area contributed by atoms with Gasteiger partial charge < -0.3 is 5.32 Å². The molecule has 0 aromatic rings. The SMILES string of the molecule is C[C@H]1CC[C@H](C2=CCCN(Cl)C2)NC1. The van der Waals surface area contributed by atoms with Crippen LogP contribution in [0.25, 0.3) is 0 Å². The van der Waals surface area contributed by atoms with E-state index >= 15 is 0 Å². The van der Waals surface area contributed by atoms with Gasteiger partial charge in [-0.15, -0.1) is 0 Å². The normalized spacial score (nSPS) is 35.4. The van der Waals surface area contributed by atoms with E-state index in [0.717, 1.165) is 32.0 Å². The van der Waals surface area contributed by atoms with Crippen LogP contribution in [0.4, 0.5) is 0 Å². The average molecular weight is 215 g/mol. The summed E-state index contributed by atoms with van der Waals surface area (Å²) < 4.78 is 1.90. The third kappa shape index (κ3) is 2.50. The molecule has 0 aromatic carbocycles. The minimum Gasteiger partial charge on any atom is -0.310 e. The molecule has 0 saturated carbocycles. The number of piperidine rings is 1. The molecule has 80 valence electrons. The smallest absolute Gasteiger partial charge is 0.0364 e. The number of rotatable bonds is 1. The molecular formula is C11H19ClN2. The van der Waals surface area contributed by atoms with Crippen LogP contribution in [0.5, 0.6) is 0 Å². The van der Waals surface area contributed by atoms with Gasteiger partial charge in [-0.1, -0.05) is 13.0 Å². The van der Waals surface area contributed by atoms with Crippen LogP contribution in [0.1, 0.15) is 26.2 Å². The van der Waals surface area contributed by atoms with Gasteiger partial charge in [0.25, 0.3) is 0 Å². The minimum absolute atomic E-state index is 0.591. The fourth-order valence-electron chi connectivity index (χ4n) is 2.30. The molecule has 2 aliphatic rings. The van der Waals surface area contributed by atoms with Gasteiger partial charge in [0.15, 0.2) is 0 Å². The van der Waals surface area contributed by atoms with Gasteiger partial charge >= 0.3 is 0 Å². The zero-order chi connectivity index (χ0) is 9.97. The number of halogens is 1. The molecule has 0 bridgehead atoms. The molecule has 2 aliphatic heterocycles. The highest BCUT2D eigenvalue weighted by molar-refractivity contribution is 6.13. The molecule has 0 amide bonds. The van der Waals surface area contributed by atoms with Crippen molar-refractivity contribution in [2.24, 2.45) is 5.92 Å². The minimum atomic E-state index is 0.591. The van der Waals surface area contributed by atoms with E-state index in [2.05, 4.69) is 18.3 Å². The maximum absolute atomic E-state index is 6.02. The Bertz CT molecular complexity index is 219. The molecular weight excluding hydrogens is 196 g/mol. The topological polar surface area (TPSA) is 15.3 Å². The van der Waals surface area contributed by atoms with E-state index in [-0.39, 0.29) is 0 Å². The Morgan fingerprint density at radius 2 is 2.36 bits per heavy atom. The predicted molar refractivity (Wildman–Crippen MR) is 60.3 cm³/mol. The van der Waals surface area contributed by atoms with Crippen molar-refractivity contribution in [2.45, 2.75) is 32.2 Å². The number of hydrogen-bond donors (Lipinski definition) is 1. The first-order valence-corrected chi connectivity index (χ1v) is 5.92. The first-order chi connectivity index (χ1) is 6.75. The summed E-state index contributed by atoms with van der Waals surface area (Å²) in [5.41, 5.74) is 1.50. The quantitative estimate of drug-likeness (QED) is 0.532. The van der Waals surface area contributed by atoms with Crippen LogP contribution in [0.2, 0.25) is 0 Å². The Hall–Kier alpha value is -0.0500. The van der Waals surface area contributed by atoms with Gasteiger partial charge in [0.2, 0.25) is 0 Å². The van der Waals surface area contributed by atoms with E-state index in [9.17, 15) is 0 Å². The summed E-state index contributed by atoms with van der Waals surface area (Å²) in [5.74, 6) is 0.836. The van der Waals surface area contributed by atoms with Crippen LogP contribution in [-0.2, 0) is 0 Å². The first kappa shape index (κ1) is 10.5. The standard InChI is InChI=1S/C11H19ClN2/c1-9-4-5-11(13-7-9)10-3-2-6-14(12)8-10/h3,9,11,13H,2,4-8H2,1H3/t9-,11+/m0/s1. The second-order valence-electron chi connectivity index (χ2n) is 4.56. The molecule has 2 nitrogen and oxygen atoms in total. The lowest BCUT2D eigenvalue weighted by atomic mass is 9.90. The zero-order valence-corrected chi connectivity index (χ0v) is 9.56. The molecule has 2 rings (SSSR count). The molecule has 1 fully saturated rings. The van der Waals surface area contributed by atoms with E-state index in [1.165, 1.54) is 18.4 Å². The first-order valence-electron chi connectivity index (χ1n) is 5.58. The molecule has 1 N–H and O–H groups in total. The lowest BCUT2D eigenvalue weighted by Gasteiger charge is -2.32. The molecule has 0 aromatic heterocycles. The highest BCUT2D eigenvalue weighted by Gasteiger charge is 2.23. The lowest BCUT2D eigenvalue weighted by molar-refractivity contribution is 0.335. The second kappa shape index (κ2) is 4.65. The van der Waals surface area contributed by atoms with Crippen molar-refractivity contribution in [3.63, 3.8) is 0 Å². The van der Waals surface area contributed by atoms with E-state index in [0.29, 0.717) is 6.04 Å². The Balaban J connectivity index is 1.91. The van der Waals surface area contributed by atoms with Crippen molar-refractivity contribution in [1.29, 1.82) is 0 Å². The fourth-order valence-corrected chi connectivity index (χ4v) is 2.54. The average Bonchev–Trinajstić information content (AvgIpc) is 2.19. The molecule has 14 heavy (non-hydrogen) atoms. The van der Waals surface area contributed by atoms with Crippen molar-refractivity contribution >= 4 is 11.8 Å². The second-order valence-corrected chi connectivity index (χ2v) is 5.03.